The van der Waals surface area contributed by atoms with Crippen LogP contribution in [0.4, 0.5) is 42.2 Å². The van der Waals surface area contributed by atoms with Gasteiger partial charge in [-0.3, -0.25) is 4.68 Å². The molecule has 19 heteroatoms. The molecule has 0 saturated heterocycles. The Morgan fingerprint density at radius 1 is 0.896 bits per heavy atom. The third kappa shape index (κ3) is 9.10. The molecule has 5 aromatic rings. The Morgan fingerprint density at radius 2 is 1.48 bits per heavy atom. The van der Waals surface area contributed by atoms with Crippen LogP contribution in [0, 0.1) is 5.82 Å². The summed E-state index contributed by atoms with van der Waals surface area (Å²) in [5, 5.41) is 20.4. The van der Waals surface area contributed by atoms with Crippen LogP contribution < -0.4 is 11.5 Å². The molecular weight excluding hydrogens is 657 g/mol. The molecule has 254 valence electrons. The number of aliphatic carboxylic acids is 2. The number of alkyl halides is 6. The number of hydrogen-bond acceptors (Lipinski definition) is 9. The van der Waals surface area contributed by atoms with Gasteiger partial charge in [0.1, 0.15) is 23.8 Å². The fourth-order valence-corrected chi connectivity index (χ4v) is 4.12. The number of rotatable bonds is 5. The molecule has 5 rings (SSSR count). The molecule has 48 heavy (non-hydrogen) atoms. The molecule has 3 aromatic heterocycles. The number of nitrogens with two attached hydrogens (primary N) is 2. The highest BCUT2D eigenvalue weighted by atomic mass is 19.4. The van der Waals surface area contributed by atoms with Crippen LogP contribution in [0.1, 0.15) is 35.5 Å². The topological polar surface area (TPSA) is 196 Å². The van der Waals surface area contributed by atoms with E-state index in [0.29, 0.717) is 40.0 Å². The van der Waals surface area contributed by atoms with E-state index in [1.807, 2.05) is 31.2 Å². The van der Waals surface area contributed by atoms with Crippen LogP contribution in [0.3, 0.4) is 0 Å². The van der Waals surface area contributed by atoms with E-state index < -0.39 is 30.2 Å². The van der Waals surface area contributed by atoms with Crippen LogP contribution in [0.2, 0.25) is 0 Å². The first-order valence-corrected chi connectivity index (χ1v) is 13.3. The molecule has 0 spiro atoms. The van der Waals surface area contributed by atoms with E-state index in [1.54, 1.807) is 36.3 Å². The predicted molar refractivity (Wildman–Crippen MR) is 157 cm³/mol. The van der Waals surface area contributed by atoms with Crippen molar-refractivity contribution in [2.24, 2.45) is 7.05 Å². The third-order valence-corrected chi connectivity index (χ3v) is 6.34. The second-order valence-electron chi connectivity index (χ2n) is 9.71. The Kier molecular flexibility index (Phi) is 11.2. The van der Waals surface area contributed by atoms with Crippen LogP contribution in [-0.2, 0) is 23.1 Å². The minimum absolute atomic E-state index is 0.336. The van der Waals surface area contributed by atoms with Crippen molar-refractivity contribution in [1.82, 2.24) is 29.7 Å². The zero-order valence-electron chi connectivity index (χ0n) is 24.8. The monoisotopic (exact) mass is 682 g/mol. The quantitative estimate of drug-likeness (QED) is 0.142. The van der Waals surface area contributed by atoms with Gasteiger partial charge in [0.25, 0.3) is 0 Å². The number of nitrogens with zero attached hydrogens (tertiary/aromatic N) is 6. The number of benzene rings is 2. The molecule has 0 fully saturated rings. The smallest absolute Gasteiger partial charge is 0.475 e. The fraction of sp³-hybridized carbons (Fsp3) is 0.207. The van der Waals surface area contributed by atoms with Crippen LogP contribution in [0.5, 0.6) is 0 Å². The van der Waals surface area contributed by atoms with E-state index in [2.05, 4.69) is 20.1 Å². The van der Waals surface area contributed by atoms with Crippen molar-refractivity contribution >= 4 is 34.2 Å². The fourth-order valence-electron chi connectivity index (χ4n) is 4.12. The SMILES string of the molecule is CCc1ccc(F)c(C(c2cc3cc(N)ccc3c(N)n2)c2nc(-c3cncnc3)nn2C)c1.O=C(O)C(F)(F)F.O=C(O)C(F)(F)F. The Bertz CT molecular complexity index is 1890. The van der Waals surface area contributed by atoms with Crippen molar-refractivity contribution in [1.29, 1.82) is 0 Å². The molecule has 0 saturated carbocycles. The highest BCUT2D eigenvalue weighted by molar-refractivity contribution is 5.93. The summed E-state index contributed by atoms with van der Waals surface area (Å²) in [6.07, 6.45) is -4.70. The number of hydrogen-bond donors (Lipinski definition) is 4. The summed E-state index contributed by atoms with van der Waals surface area (Å²) >= 11 is 0. The lowest BCUT2D eigenvalue weighted by Crippen LogP contribution is -2.21. The number of carbonyl (C=O) groups is 2. The number of halogens is 7. The van der Waals surface area contributed by atoms with Gasteiger partial charge in [-0.1, -0.05) is 19.1 Å². The van der Waals surface area contributed by atoms with E-state index >= 15 is 4.39 Å². The van der Waals surface area contributed by atoms with Crippen LogP contribution in [-0.4, -0.2) is 64.2 Å². The van der Waals surface area contributed by atoms with Gasteiger partial charge >= 0.3 is 24.3 Å². The summed E-state index contributed by atoms with van der Waals surface area (Å²) in [4.78, 5) is 35.3. The molecule has 0 radical (unpaired) electrons. The highest BCUT2D eigenvalue weighted by Gasteiger charge is 2.39. The van der Waals surface area contributed by atoms with Crippen molar-refractivity contribution in [2.75, 3.05) is 11.5 Å². The van der Waals surface area contributed by atoms with Crippen molar-refractivity contribution in [3.05, 3.63) is 89.6 Å². The lowest BCUT2D eigenvalue weighted by molar-refractivity contribution is -0.193. The standard InChI is InChI=1S/C25H23FN8.2C2HF3O2/c1-3-14-4-7-20(26)19(8-14)22(21-10-15-9-17(27)5-6-18(15)23(28)31-21)25-32-24(33-34(25)2)16-11-29-13-30-12-16;2*3-2(4,5)1(6)7/h4-13,22H,3,27H2,1-2H3,(H2,28,31);2*(H,6,7). The van der Waals surface area contributed by atoms with Gasteiger partial charge in [0.2, 0.25) is 0 Å². The first-order valence-electron chi connectivity index (χ1n) is 13.3. The van der Waals surface area contributed by atoms with Gasteiger partial charge in [-0.15, -0.1) is 0 Å². The van der Waals surface area contributed by atoms with Gasteiger partial charge in [-0.05, 0) is 47.7 Å². The van der Waals surface area contributed by atoms with Crippen molar-refractivity contribution < 1.29 is 50.5 Å². The summed E-state index contributed by atoms with van der Waals surface area (Å²) in [6, 6.07) is 12.4. The molecule has 6 N–H and O–H groups in total. The molecule has 1 unspecified atom stereocenters. The first kappa shape index (κ1) is 36.6. The second kappa shape index (κ2) is 14.7. The lowest BCUT2D eigenvalue weighted by atomic mass is 9.91. The Balaban J connectivity index is 0.000000376. The van der Waals surface area contributed by atoms with Gasteiger partial charge in [-0.2, -0.15) is 31.4 Å². The third-order valence-electron chi connectivity index (χ3n) is 6.34. The van der Waals surface area contributed by atoms with Crippen molar-refractivity contribution in [3.63, 3.8) is 0 Å². The maximum absolute atomic E-state index is 15.3. The van der Waals surface area contributed by atoms with Crippen LogP contribution in [0.25, 0.3) is 22.2 Å². The van der Waals surface area contributed by atoms with E-state index in [9.17, 15) is 26.3 Å². The number of pyridine rings is 1. The number of aryl methyl sites for hydroxylation is 2. The normalized spacial score (nSPS) is 11.9. The van der Waals surface area contributed by atoms with Gasteiger partial charge in [-0.25, -0.2) is 33.9 Å². The number of carboxylic acid groups (broad SMARTS) is 2. The van der Waals surface area contributed by atoms with Gasteiger partial charge in [0.05, 0.1) is 17.2 Å². The van der Waals surface area contributed by atoms with E-state index in [0.717, 1.165) is 22.8 Å². The molecule has 3 heterocycles. The maximum atomic E-state index is 15.3. The van der Waals surface area contributed by atoms with Gasteiger partial charge in [0, 0.05) is 36.1 Å². The Morgan fingerprint density at radius 3 is 2.02 bits per heavy atom. The Hall–Kier alpha value is -5.88. The van der Waals surface area contributed by atoms with E-state index in [-0.39, 0.29) is 5.82 Å². The second-order valence-corrected chi connectivity index (χ2v) is 9.71. The largest absolute Gasteiger partial charge is 0.490 e. The molecule has 0 aliphatic carbocycles. The molecule has 12 nitrogen and oxygen atoms in total. The highest BCUT2D eigenvalue weighted by Crippen LogP contribution is 2.36. The minimum atomic E-state index is -5.08. The number of aromatic nitrogens is 6. The first-order chi connectivity index (χ1) is 22.3. The zero-order valence-corrected chi connectivity index (χ0v) is 24.8. The molecule has 2 aromatic carbocycles. The summed E-state index contributed by atoms with van der Waals surface area (Å²) in [6.45, 7) is 2.02. The van der Waals surface area contributed by atoms with Crippen LogP contribution >= 0.6 is 0 Å². The average molecular weight is 683 g/mol. The molecular formula is C29H25F7N8O4. The van der Waals surface area contributed by atoms with E-state index in [4.69, 9.17) is 36.3 Å². The summed E-state index contributed by atoms with van der Waals surface area (Å²) in [5.41, 5.74) is 15.6. The maximum Gasteiger partial charge on any atom is 0.490 e. The number of nitrogen functional groups attached to an aromatic ring is 2. The molecule has 0 aliphatic heterocycles. The molecule has 0 aliphatic rings. The average Bonchev–Trinajstić information content (AvgIpc) is 3.39. The number of carboxylic acids is 2. The number of fused-ring (bicyclic) bond motifs is 1. The van der Waals surface area contributed by atoms with Crippen molar-refractivity contribution in [3.8, 4) is 11.4 Å². The molecule has 0 amide bonds. The summed E-state index contributed by atoms with van der Waals surface area (Å²) in [5.74, 6) is -5.24. The summed E-state index contributed by atoms with van der Waals surface area (Å²) in [7, 11) is 1.77. The lowest BCUT2D eigenvalue weighted by Gasteiger charge is -2.19. The predicted octanol–water partition coefficient (Wildman–Crippen LogP) is 5.13. The number of anilines is 2. The van der Waals surface area contributed by atoms with E-state index in [1.165, 1.54) is 12.4 Å². The minimum Gasteiger partial charge on any atom is -0.475 e. The van der Waals surface area contributed by atoms with Crippen molar-refractivity contribution in [2.45, 2.75) is 31.6 Å². The Labute approximate surface area is 265 Å². The van der Waals surface area contributed by atoms with Gasteiger partial charge in [0.15, 0.2) is 5.82 Å². The van der Waals surface area contributed by atoms with Crippen LogP contribution in [0.15, 0.2) is 61.2 Å². The molecule has 0 bridgehead atoms. The summed E-state index contributed by atoms with van der Waals surface area (Å²) < 4.78 is 80.4. The zero-order chi connectivity index (χ0) is 36.0. The van der Waals surface area contributed by atoms with Gasteiger partial charge < -0.3 is 21.7 Å². The molecule has 1 atom stereocenters.